The second-order valence-corrected chi connectivity index (χ2v) is 6.48. The number of nitrogens with two attached hydrogens (primary N) is 1. The minimum atomic E-state index is 0.943. The molecule has 3 rings (SSSR count). The Hall–Kier alpha value is -1.39. The molecule has 0 bridgehead atoms. The molecular formula is C15H19N3S. The maximum atomic E-state index is 6.03. The third-order valence-electron chi connectivity index (χ3n) is 3.81. The molecule has 0 amide bonds. The van der Waals surface area contributed by atoms with Crippen LogP contribution in [0.5, 0.6) is 0 Å². The molecular weight excluding hydrogens is 254 g/mol. The van der Waals surface area contributed by atoms with Gasteiger partial charge in [-0.2, -0.15) is 0 Å². The van der Waals surface area contributed by atoms with Gasteiger partial charge in [0.15, 0.2) is 0 Å². The van der Waals surface area contributed by atoms with Crippen molar-refractivity contribution >= 4 is 17.0 Å². The highest BCUT2D eigenvalue weighted by Gasteiger charge is 2.19. The van der Waals surface area contributed by atoms with E-state index in [0.717, 1.165) is 31.7 Å². The van der Waals surface area contributed by atoms with Crippen LogP contribution in [-0.2, 0) is 19.5 Å². The number of benzene rings is 1. The largest absolute Gasteiger partial charge is 0.398 e. The molecule has 19 heavy (non-hydrogen) atoms. The first kappa shape index (κ1) is 12.6. The maximum Gasteiger partial charge on any atom is 0.107 e. The Morgan fingerprint density at radius 3 is 2.95 bits per heavy atom. The van der Waals surface area contributed by atoms with E-state index >= 15 is 0 Å². The lowest BCUT2D eigenvalue weighted by atomic mass is 9.98. The summed E-state index contributed by atoms with van der Waals surface area (Å²) < 4.78 is 0. The van der Waals surface area contributed by atoms with Crippen molar-refractivity contribution in [1.29, 1.82) is 0 Å². The first-order chi connectivity index (χ1) is 9.13. The van der Waals surface area contributed by atoms with E-state index in [2.05, 4.69) is 35.9 Å². The van der Waals surface area contributed by atoms with Crippen molar-refractivity contribution in [3.05, 3.63) is 44.9 Å². The lowest BCUT2D eigenvalue weighted by Crippen LogP contribution is -2.30. The summed E-state index contributed by atoms with van der Waals surface area (Å²) >= 11 is 1.81. The van der Waals surface area contributed by atoms with E-state index in [0.29, 0.717) is 0 Å². The Balaban J connectivity index is 1.75. The molecule has 3 nitrogen and oxygen atoms in total. The van der Waals surface area contributed by atoms with Crippen LogP contribution in [0, 0.1) is 13.8 Å². The average molecular weight is 273 g/mol. The number of nitrogens with zero attached hydrogens (tertiary/aromatic N) is 2. The van der Waals surface area contributed by atoms with Crippen LogP contribution in [0.4, 0.5) is 5.69 Å². The van der Waals surface area contributed by atoms with Crippen LogP contribution >= 0.6 is 11.3 Å². The predicted octanol–water partition coefficient (Wildman–Crippen LogP) is 2.90. The smallest absolute Gasteiger partial charge is 0.107 e. The summed E-state index contributed by atoms with van der Waals surface area (Å²) in [6.45, 7) is 7.23. The average Bonchev–Trinajstić information content (AvgIpc) is 2.68. The zero-order valence-electron chi connectivity index (χ0n) is 11.4. The molecule has 0 atom stereocenters. The number of hydrogen-bond donors (Lipinski definition) is 1. The molecule has 0 unspecified atom stereocenters. The molecule has 0 aliphatic carbocycles. The summed E-state index contributed by atoms with van der Waals surface area (Å²) in [5, 5.41) is 1.22. The maximum absolute atomic E-state index is 6.03. The van der Waals surface area contributed by atoms with Crippen LogP contribution in [0.2, 0.25) is 0 Å². The number of rotatable bonds is 2. The molecule has 1 aliphatic rings. The summed E-state index contributed by atoms with van der Waals surface area (Å²) in [5.41, 5.74) is 10.9. The van der Waals surface area contributed by atoms with E-state index in [1.807, 2.05) is 17.4 Å². The number of anilines is 1. The van der Waals surface area contributed by atoms with Gasteiger partial charge in [-0.3, -0.25) is 4.90 Å². The topological polar surface area (TPSA) is 42.2 Å². The molecule has 0 spiro atoms. The van der Waals surface area contributed by atoms with Crippen LogP contribution in [0.25, 0.3) is 0 Å². The molecule has 0 fully saturated rings. The summed E-state index contributed by atoms with van der Waals surface area (Å²) in [6.07, 6.45) is 1.05. The minimum absolute atomic E-state index is 0.943. The fourth-order valence-electron chi connectivity index (χ4n) is 2.63. The van der Waals surface area contributed by atoms with Gasteiger partial charge in [0, 0.05) is 23.7 Å². The zero-order chi connectivity index (χ0) is 13.4. The first-order valence-corrected chi connectivity index (χ1v) is 7.46. The standard InChI is InChI=1S/C15H19N3S/c1-10-11(2)19-15(17-10)9-18-7-6-13-12(8-18)4-3-5-14(13)16/h3-5H,6-9,16H2,1-2H3. The van der Waals surface area contributed by atoms with Crippen molar-refractivity contribution in [3.8, 4) is 0 Å². The van der Waals surface area contributed by atoms with Gasteiger partial charge < -0.3 is 5.73 Å². The molecule has 2 N–H and O–H groups in total. The van der Waals surface area contributed by atoms with Gasteiger partial charge in [0.05, 0.1) is 12.2 Å². The highest BCUT2D eigenvalue weighted by Crippen LogP contribution is 2.26. The van der Waals surface area contributed by atoms with Crippen molar-refractivity contribution in [3.63, 3.8) is 0 Å². The van der Waals surface area contributed by atoms with E-state index in [-0.39, 0.29) is 0 Å². The SMILES string of the molecule is Cc1nc(CN2CCc3c(N)cccc3C2)sc1C. The highest BCUT2D eigenvalue weighted by molar-refractivity contribution is 7.11. The normalized spacial score (nSPS) is 15.5. The number of aromatic nitrogens is 1. The van der Waals surface area contributed by atoms with E-state index in [1.165, 1.54) is 26.7 Å². The second-order valence-electron chi connectivity index (χ2n) is 5.19. The zero-order valence-corrected chi connectivity index (χ0v) is 12.3. The second kappa shape index (κ2) is 4.94. The predicted molar refractivity (Wildman–Crippen MR) is 80.3 cm³/mol. The van der Waals surface area contributed by atoms with Gasteiger partial charge in [0.25, 0.3) is 0 Å². The van der Waals surface area contributed by atoms with Gasteiger partial charge in [-0.1, -0.05) is 12.1 Å². The molecule has 100 valence electrons. The fourth-order valence-corrected chi connectivity index (χ4v) is 3.61. The van der Waals surface area contributed by atoms with Crippen LogP contribution in [0.15, 0.2) is 18.2 Å². The molecule has 1 aromatic heterocycles. The summed E-state index contributed by atoms with van der Waals surface area (Å²) in [6, 6.07) is 6.24. The number of aryl methyl sites for hydroxylation is 2. The van der Waals surface area contributed by atoms with Gasteiger partial charge in [0.1, 0.15) is 5.01 Å². The number of fused-ring (bicyclic) bond motifs is 1. The molecule has 0 radical (unpaired) electrons. The Bertz CT molecular complexity index is 584. The number of hydrogen-bond acceptors (Lipinski definition) is 4. The molecule has 0 saturated carbocycles. The van der Waals surface area contributed by atoms with Crippen molar-refractivity contribution in [2.45, 2.75) is 33.4 Å². The lowest BCUT2D eigenvalue weighted by molar-refractivity contribution is 0.245. The lowest BCUT2D eigenvalue weighted by Gasteiger charge is -2.28. The van der Waals surface area contributed by atoms with Crippen molar-refractivity contribution < 1.29 is 0 Å². The Labute approximate surface area is 118 Å². The van der Waals surface area contributed by atoms with Crippen molar-refractivity contribution in [2.24, 2.45) is 0 Å². The highest BCUT2D eigenvalue weighted by atomic mass is 32.1. The van der Waals surface area contributed by atoms with Crippen LogP contribution in [0.1, 0.15) is 26.7 Å². The Morgan fingerprint density at radius 2 is 2.21 bits per heavy atom. The third-order valence-corrected chi connectivity index (χ3v) is 4.87. The van der Waals surface area contributed by atoms with Gasteiger partial charge in [-0.05, 0) is 37.5 Å². The molecule has 1 aliphatic heterocycles. The Morgan fingerprint density at radius 1 is 1.37 bits per heavy atom. The summed E-state index contributed by atoms with van der Waals surface area (Å²) in [7, 11) is 0. The van der Waals surface area contributed by atoms with Gasteiger partial charge in [-0.25, -0.2) is 4.98 Å². The number of thiazole rings is 1. The van der Waals surface area contributed by atoms with E-state index in [9.17, 15) is 0 Å². The van der Waals surface area contributed by atoms with Gasteiger partial charge >= 0.3 is 0 Å². The van der Waals surface area contributed by atoms with Crippen molar-refractivity contribution in [2.75, 3.05) is 12.3 Å². The van der Waals surface area contributed by atoms with E-state index < -0.39 is 0 Å². The molecule has 2 aromatic rings. The first-order valence-electron chi connectivity index (χ1n) is 6.65. The fraction of sp³-hybridized carbons (Fsp3) is 0.400. The van der Waals surface area contributed by atoms with E-state index in [4.69, 9.17) is 5.73 Å². The van der Waals surface area contributed by atoms with Crippen molar-refractivity contribution in [1.82, 2.24) is 9.88 Å². The Kier molecular flexibility index (Phi) is 3.29. The van der Waals surface area contributed by atoms with Crippen LogP contribution in [0.3, 0.4) is 0 Å². The van der Waals surface area contributed by atoms with E-state index in [1.54, 1.807) is 0 Å². The van der Waals surface area contributed by atoms with Crippen LogP contribution < -0.4 is 5.73 Å². The van der Waals surface area contributed by atoms with Gasteiger partial charge in [-0.15, -0.1) is 11.3 Å². The number of nitrogen functional groups attached to an aromatic ring is 1. The summed E-state index contributed by atoms with van der Waals surface area (Å²) in [5.74, 6) is 0. The van der Waals surface area contributed by atoms with Crippen LogP contribution in [-0.4, -0.2) is 16.4 Å². The van der Waals surface area contributed by atoms with Gasteiger partial charge in [0.2, 0.25) is 0 Å². The third kappa shape index (κ3) is 2.51. The molecule has 2 heterocycles. The molecule has 0 saturated heterocycles. The quantitative estimate of drug-likeness (QED) is 0.856. The minimum Gasteiger partial charge on any atom is -0.398 e. The monoisotopic (exact) mass is 273 g/mol. The molecule has 1 aromatic carbocycles. The molecule has 4 heteroatoms. The summed E-state index contributed by atoms with van der Waals surface area (Å²) in [4.78, 5) is 8.42.